The Balaban J connectivity index is 3.21. The van der Waals surface area contributed by atoms with Gasteiger partial charge in [0.05, 0.1) is 20.8 Å². The fraction of sp³-hybridized carbons (Fsp3) is 0.364. The molecule has 0 saturated carbocycles. The van der Waals surface area contributed by atoms with Crippen LogP contribution in [0.4, 0.5) is 0 Å². The minimum atomic E-state index is -0.625. The molecular formula is C11H14O5. The third-order valence-corrected chi connectivity index (χ3v) is 1.99. The van der Waals surface area contributed by atoms with Gasteiger partial charge in [-0.3, -0.25) is 0 Å². The van der Waals surface area contributed by atoms with Crippen molar-refractivity contribution in [2.75, 3.05) is 20.8 Å². The summed E-state index contributed by atoms with van der Waals surface area (Å²) in [6.07, 6.45) is 0. The largest absolute Gasteiger partial charge is 0.507 e. The number of phenols is 1. The van der Waals surface area contributed by atoms with Crippen molar-refractivity contribution in [2.45, 2.75) is 6.92 Å². The van der Waals surface area contributed by atoms with Crippen LogP contribution in [0, 0.1) is 0 Å². The summed E-state index contributed by atoms with van der Waals surface area (Å²) in [6.45, 7) is 1.92. The Bertz CT molecular complexity index is 386. The van der Waals surface area contributed by atoms with Crippen molar-refractivity contribution in [3.63, 3.8) is 0 Å². The summed E-state index contributed by atoms with van der Waals surface area (Å²) < 4.78 is 14.7. The summed E-state index contributed by atoms with van der Waals surface area (Å²) in [6, 6.07) is 2.83. The lowest BCUT2D eigenvalue weighted by atomic mass is 10.1. The summed E-state index contributed by atoms with van der Waals surface area (Å²) in [4.78, 5) is 11.5. The predicted molar refractivity (Wildman–Crippen MR) is 57.2 cm³/mol. The van der Waals surface area contributed by atoms with Gasteiger partial charge >= 0.3 is 5.97 Å². The summed E-state index contributed by atoms with van der Waals surface area (Å²) in [7, 11) is 2.86. The van der Waals surface area contributed by atoms with Gasteiger partial charge in [-0.05, 0) is 6.92 Å². The monoisotopic (exact) mass is 226 g/mol. The molecule has 0 bridgehead atoms. The number of carbonyl (C=O) groups is 1. The van der Waals surface area contributed by atoms with E-state index in [0.717, 1.165) is 0 Å². The van der Waals surface area contributed by atoms with Crippen LogP contribution in [0.15, 0.2) is 12.1 Å². The highest BCUT2D eigenvalue weighted by Gasteiger charge is 2.20. The standard InChI is InChI=1S/C11H14O5/c1-4-16-11(13)10-8(12)5-7(14-2)6-9(10)15-3/h5-6,12H,4H2,1-3H3. The Morgan fingerprint density at radius 3 is 2.50 bits per heavy atom. The highest BCUT2D eigenvalue weighted by Crippen LogP contribution is 2.33. The van der Waals surface area contributed by atoms with Crippen molar-refractivity contribution >= 4 is 5.97 Å². The lowest BCUT2D eigenvalue weighted by Crippen LogP contribution is -2.07. The molecule has 0 aliphatic heterocycles. The number of aromatic hydroxyl groups is 1. The minimum Gasteiger partial charge on any atom is -0.507 e. The third kappa shape index (κ3) is 2.36. The van der Waals surface area contributed by atoms with Gasteiger partial charge in [0.25, 0.3) is 0 Å². The van der Waals surface area contributed by atoms with Crippen LogP contribution in [0.5, 0.6) is 17.2 Å². The Morgan fingerprint density at radius 1 is 1.31 bits per heavy atom. The summed E-state index contributed by atoms with van der Waals surface area (Å²) in [5, 5.41) is 9.67. The van der Waals surface area contributed by atoms with E-state index >= 15 is 0 Å². The van der Waals surface area contributed by atoms with E-state index in [2.05, 4.69) is 0 Å². The van der Waals surface area contributed by atoms with Crippen molar-refractivity contribution in [3.05, 3.63) is 17.7 Å². The van der Waals surface area contributed by atoms with E-state index in [4.69, 9.17) is 14.2 Å². The van der Waals surface area contributed by atoms with E-state index in [9.17, 15) is 9.90 Å². The SMILES string of the molecule is CCOC(=O)c1c(O)cc(OC)cc1OC. The molecule has 0 unspecified atom stereocenters. The van der Waals surface area contributed by atoms with Crippen LogP contribution in [0.3, 0.4) is 0 Å². The van der Waals surface area contributed by atoms with Crippen LogP contribution in [0.2, 0.25) is 0 Å². The number of hydrogen-bond donors (Lipinski definition) is 1. The molecule has 1 aromatic carbocycles. The third-order valence-electron chi connectivity index (χ3n) is 1.99. The molecule has 1 N–H and O–H groups in total. The molecular weight excluding hydrogens is 212 g/mol. The van der Waals surface area contributed by atoms with Crippen LogP contribution in [-0.4, -0.2) is 31.9 Å². The van der Waals surface area contributed by atoms with Gasteiger partial charge in [-0.25, -0.2) is 4.79 Å². The molecule has 0 spiro atoms. The average molecular weight is 226 g/mol. The second kappa shape index (κ2) is 5.25. The molecule has 0 heterocycles. The van der Waals surface area contributed by atoms with Crippen molar-refractivity contribution in [1.29, 1.82) is 0 Å². The van der Waals surface area contributed by atoms with Gasteiger partial charge in [-0.2, -0.15) is 0 Å². The Morgan fingerprint density at radius 2 is 2.00 bits per heavy atom. The molecule has 0 amide bonds. The molecule has 0 aliphatic rings. The summed E-state index contributed by atoms with van der Waals surface area (Å²) in [5.74, 6) is -0.230. The average Bonchev–Trinajstić information content (AvgIpc) is 2.27. The van der Waals surface area contributed by atoms with Crippen LogP contribution >= 0.6 is 0 Å². The fourth-order valence-electron chi connectivity index (χ4n) is 1.26. The number of rotatable bonds is 4. The molecule has 5 nitrogen and oxygen atoms in total. The predicted octanol–water partition coefficient (Wildman–Crippen LogP) is 1.59. The maximum Gasteiger partial charge on any atom is 0.345 e. The van der Waals surface area contributed by atoms with E-state index in [1.165, 1.54) is 26.4 Å². The molecule has 5 heteroatoms. The quantitative estimate of drug-likeness (QED) is 0.790. The van der Waals surface area contributed by atoms with Gasteiger partial charge in [0.1, 0.15) is 22.8 Å². The lowest BCUT2D eigenvalue weighted by Gasteiger charge is -2.11. The highest BCUT2D eigenvalue weighted by atomic mass is 16.5. The first-order valence-electron chi connectivity index (χ1n) is 4.76. The number of esters is 1. The lowest BCUT2D eigenvalue weighted by molar-refractivity contribution is 0.0519. The van der Waals surface area contributed by atoms with Crippen molar-refractivity contribution in [2.24, 2.45) is 0 Å². The molecule has 0 atom stereocenters. The number of methoxy groups -OCH3 is 2. The number of phenolic OH excluding ortho intramolecular Hbond substituents is 1. The Labute approximate surface area is 93.6 Å². The first kappa shape index (κ1) is 12.2. The van der Waals surface area contributed by atoms with Gasteiger partial charge in [0, 0.05) is 12.1 Å². The van der Waals surface area contributed by atoms with Gasteiger partial charge in [0.15, 0.2) is 0 Å². The van der Waals surface area contributed by atoms with Crippen LogP contribution in [0.25, 0.3) is 0 Å². The molecule has 16 heavy (non-hydrogen) atoms. The molecule has 1 rings (SSSR count). The van der Waals surface area contributed by atoms with Crippen molar-refractivity contribution in [1.82, 2.24) is 0 Å². The van der Waals surface area contributed by atoms with E-state index in [-0.39, 0.29) is 23.7 Å². The van der Waals surface area contributed by atoms with Crippen LogP contribution < -0.4 is 9.47 Å². The van der Waals surface area contributed by atoms with E-state index in [1.807, 2.05) is 0 Å². The van der Waals surface area contributed by atoms with Crippen LogP contribution in [-0.2, 0) is 4.74 Å². The fourth-order valence-corrected chi connectivity index (χ4v) is 1.26. The summed E-state index contributed by atoms with van der Waals surface area (Å²) in [5.41, 5.74) is 0.00477. The minimum absolute atomic E-state index is 0.00477. The second-order valence-corrected chi connectivity index (χ2v) is 2.94. The topological polar surface area (TPSA) is 65.0 Å². The molecule has 88 valence electrons. The first-order chi connectivity index (χ1) is 7.63. The molecule has 0 saturated heterocycles. The zero-order valence-corrected chi connectivity index (χ0v) is 9.44. The molecule has 0 fully saturated rings. The number of benzene rings is 1. The number of carbonyl (C=O) groups excluding carboxylic acids is 1. The molecule has 0 radical (unpaired) electrons. The van der Waals surface area contributed by atoms with Gasteiger partial charge in [-0.1, -0.05) is 0 Å². The van der Waals surface area contributed by atoms with E-state index in [0.29, 0.717) is 5.75 Å². The maximum atomic E-state index is 11.5. The van der Waals surface area contributed by atoms with Crippen molar-refractivity contribution in [3.8, 4) is 17.2 Å². The molecule has 0 aromatic heterocycles. The summed E-state index contributed by atoms with van der Waals surface area (Å²) >= 11 is 0. The molecule has 0 aliphatic carbocycles. The van der Waals surface area contributed by atoms with E-state index in [1.54, 1.807) is 6.92 Å². The Hall–Kier alpha value is -1.91. The van der Waals surface area contributed by atoms with Gasteiger partial charge in [0.2, 0.25) is 0 Å². The number of ether oxygens (including phenoxy) is 3. The van der Waals surface area contributed by atoms with Crippen molar-refractivity contribution < 1.29 is 24.1 Å². The second-order valence-electron chi connectivity index (χ2n) is 2.94. The number of hydrogen-bond acceptors (Lipinski definition) is 5. The van der Waals surface area contributed by atoms with Gasteiger partial charge in [-0.15, -0.1) is 0 Å². The normalized spacial score (nSPS) is 9.69. The zero-order chi connectivity index (χ0) is 12.1. The smallest absolute Gasteiger partial charge is 0.345 e. The van der Waals surface area contributed by atoms with Crippen LogP contribution in [0.1, 0.15) is 17.3 Å². The molecule has 1 aromatic rings. The zero-order valence-electron chi connectivity index (χ0n) is 9.44. The maximum absolute atomic E-state index is 11.5. The van der Waals surface area contributed by atoms with Gasteiger partial charge < -0.3 is 19.3 Å². The van der Waals surface area contributed by atoms with E-state index < -0.39 is 5.97 Å². The first-order valence-corrected chi connectivity index (χ1v) is 4.76. The Kier molecular flexibility index (Phi) is 3.99. The highest BCUT2D eigenvalue weighted by molar-refractivity contribution is 5.95.